The quantitative estimate of drug-likeness (QED) is 0.855. The van der Waals surface area contributed by atoms with E-state index in [1.54, 1.807) is 9.80 Å². The first kappa shape index (κ1) is 16.6. The van der Waals surface area contributed by atoms with E-state index >= 15 is 0 Å². The standard InChI is InChI=1S/C17H18FN3O2S/c1-12-19-15(11-24-12)10-16(22)20-6-8-21(9-7-20)17(23)13-2-4-14(18)5-3-13/h2-5,11H,6-10H2,1H3. The third-order valence-electron chi connectivity index (χ3n) is 4.01. The molecule has 2 amide bonds. The zero-order valence-corrected chi connectivity index (χ0v) is 14.2. The van der Waals surface area contributed by atoms with Crippen LogP contribution in [0.15, 0.2) is 29.6 Å². The molecule has 0 spiro atoms. The fraction of sp³-hybridized carbons (Fsp3) is 0.353. The second-order valence-corrected chi connectivity index (χ2v) is 6.78. The van der Waals surface area contributed by atoms with Gasteiger partial charge in [0.05, 0.1) is 17.1 Å². The number of carbonyl (C=O) groups excluding carboxylic acids is 2. The van der Waals surface area contributed by atoms with E-state index in [9.17, 15) is 14.0 Å². The molecular formula is C17H18FN3O2S. The molecule has 2 aromatic rings. The molecule has 1 aromatic heterocycles. The summed E-state index contributed by atoms with van der Waals surface area (Å²) in [5.41, 5.74) is 1.27. The van der Waals surface area contributed by atoms with E-state index in [0.29, 0.717) is 38.2 Å². The van der Waals surface area contributed by atoms with E-state index in [2.05, 4.69) is 4.98 Å². The van der Waals surface area contributed by atoms with E-state index in [1.807, 2.05) is 12.3 Å². The number of hydrogen-bond acceptors (Lipinski definition) is 4. The maximum atomic E-state index is 12.9. The summed E-state index contributed by atoms with van der Waals surface area (Å²) in [5.74, 6) is -0.453. The van der Waals surface area contributed by atoms with Gasteiger partial charge in [-0.25, -0.2) is 9.37 Å². The van der Waals surface area contributed by atoms with Gasteiger partial charge in [0.2, 0.25) is 5.91 Å². The van der Waals surface area contributed by atoms with Gasteiger partial charge in [-0.2, -0.15) is 0 Å². The molecule has 5 nitrogen and oxygen atoms in total. The van der Waals surface area contributed by atoms with Gasteiger partial charge in [0.1, 0.15) is 5.82 Å². The molecule has 0 atom stereocenters. The molecule has 24 heavy (non-hydrogen) atoms. The average Bonchev–Trinajstić information content (AvgIpc) is 3.00. The van der Waals surface area contributed by atoms with Crippen molar-refractivity contribution in [3.8, 4) is 0 Å². The van der Waals surface area contributed by atoms with Crippen molar-refractivity contribution in [2.75, 3.05) is 26.2 Å². The molecule has 0 saturated carbocycles. The Balaban J connectivity index is 1.54. The smallest absolute Gasteiger partial charge is 0.253 e. The lowest BCUT2D eigenvalue weighted by molar-refractivity contribution is -0.132. The molecule has 0 radical (unpaired) electrons. The number of aromatic nitrogens is 1. The van der Waals surface area contributed by atoms with Crippen molar-refractivity contribution in [2.45, 2.75) is 13.3 Å². The van der Waals surface area contributed by atoms with E-state index in [1.165, 1.54) is 35.6 Å². The van der Waals surface area contributed by atoms with Gasteiger partial charge >= 0.3 is 0 Å². The van der Waals surface area contributed by atoms with Crippen LogP contribution in [0.3, 0.4) is 0 Å². The van der Waals surface area contributed by atoms with E-state index in [0.717, 1.165) is 10.7 Å². The maximum absolute atomic E-state index is 12.9. The van der Waals surface area contributed by atoms with Crippen LogP contribution in [0, 0.1) is 12.7 Å². The van der Waals surface area contributed by atoms with Crippen LogP contribution >= 0.6 is 11.3 Å². The number of hydrogen-bond donors (Lipinski definition) is 0. The highest BCUT2D eigenvalue weighted by Crippen LogP contribution is 2.13. The molecule has 3 rings (SSSR count). The topological polar surface area (TPSA) is 53.5 Å². The summed E-state index contributed by atoms with van der Waals surface area (Å²) < 4.78 is 12.9. The second-order valence-electron chi connectivity index (χ2n) is 5.71. The van der Waals surface area contributed by atoms with Crippen LogP contribution in [0.1, 0.15) is 21.1 Å². The van der Waals surface area contributed by atoms with Gasteiger partial charge in [0.15, 0.2) is 0 Å². The Labute approximate surface area is 143 Å². The Morgan fingerprint density at radius 1 is 1.12 bits per heavy atom. The van der Waals surface area contributed by atoms with Crippen molar-refractivity contribution < 1.29 is 14.0 Å². The fourth-order valence-electron chi connectivity index (χ4n) is 2.69. The van der Waals surface area contributed by atoms with Crippen LogP contribution in [0.5, 0.6) is 0 Å². The van der Waals surface area contributed by atoms with Crippen LogP contribution in [-0.4, -0.2) is 52.8 Å². The average molecular weight is 347 g/mol. The van der Waals surface area contributed by atoms with Crippen molar-refractivity contribution in [1.29, 1.82) is 0 Å². The van der Waals surface area contributed by atoms with Crippen LogP contribution in [0.4, 0.5) is 4.39 Å². The fourth-order valence-corrected chi connectivity index (χ4v) is 3.30. The van der Waals surface area contributed by atoms with Gasteiger partial charge in [-0.1, -0.05) is 0 Å². The molecule has 1 aliphatic heterocycles. The first-order valence-electron chi connectivity index (χ1n) is 7.76. The second kappa shape index (κ2) is 7.09. The summed E-state index contributed by atoms with van der Waals surface area (Å²) in [6.45, 7) is 3.90. The highest BCUT2D eigenvalue weighted by atomic mass is 32.1. The van der Waals surface area contributed by atoms with Crippen molar-refractivity contribution in [3.05, 3.63) is 51.7 Å². The highest BCUT2D eigenvalue weighted by Gasteiger charge is 2.25. The Hall–Kier alpha value is -2.28. The van der Waals surface area contributed by atoms with Crippen molar-refractivity contribution in [2.24, 2.45) is 0 Å². The molecule has 0 unspecified atom stereocenters. The van der Waals surface area contributed by atoms with Crippen molar-refractivity contribution >= 4 is 23.2 Å². The SMILES string of the molecule is Cc1nc(CC(=O)N2CCN(C(=O)c3ccc(F)cc3)CC2)cs1. The molecule has 0 N–H and O–H groups in total. The van der Waals surface area contributed by atoms with Crippen LogP contribution in [-0.2, 0) is 11.2 Å². The predicted octanol–water partition coefficient (Wildman–Crippen LogP) is 2.12. The predicted molar refractivity (Wildman–Crippen MR) is 89.4 cm³/mol. The summed E-state index contributed by atoms with van der Waals surface area (Å²) in [6.07, 6.45) is 0.302. The van der Waals surface area contributed by atoms with Gasteiger partial charge in [-0.3, -0.25) is 9.59 Å². The van der Waals surface area contributed by atoms with Crippen molar-refractivity contribution in [3.63, 3.8) is 0 Å². The molecule has 7 heteroatoms. The molecule has 126 valence electrons. The maximum Gasteiger partial charge on any atom is 0.253 e. The van der Waals surface area contributed by atoms with E-state index < -0.39 is 0 Å². The number of rotatable bonds is 3. The molecule has 1 aliphatic rings. The van der Waals surface area contributed by atoms with Crippen LogP contribution in [0.2, 0.25) is 0 Å². The number of carbonyl (C=O) groups is 2. The molecule has 1 saturated heterocycles. The molecule has 2 heterocycles. The minimum atomic E-state index is -0.362. The lowest BCUT2D eigenvalue weighted by Gasteiger charge is -2.34. The Bertz CT molecular complexity index is 737. The highest BCUT2D eigenvalue weighted by molar-refractivity contribution is 7.09. The Kier molecular flexibility index (Phi) is 4.89. The molecular weight excluding hydrogens is 329 g/mol. The summed E-state index contributed by atoms with van der Waals surface area (Å²) in [6, 6.07) is 5.53. The molecule has 0 bridgehead atoms. The first-order chi connectivity index (χ1) is 11.5. The van der Waals surface area contributed by atoms with Gasteiger partial charge in [0.25, 0.3) is 5.91 Å². The van der Waals surface area contributed by atoms with E-state index in [4.69, 9.17) is 0 Å². The number of nitrogens with zero attached hydrogens (tertiary/aromatic N) is 3. The Morgan fingerprint density at radius 3 is 2.33 bits per heavy atom. The third kappa shape index (κ3) is 3.79. The summed E-state index contributed by atoms with van der Waals surface area (Å²) in [4.78, 5) is 32.5. The first-order valence-corrected chi connectivity index (χ1v) is 8.64. The van der Waals surface area contributed by atoms with Crippen LogP contribution < -0.4 is 0 Å². The number of benzene rings is 1. The van der Waals surface area contributed by atoms with Crippen LogP contribution in [0.25, 0.3) is 0 Å². The van der Waals surface area contributed by atoms with Gasteiger partial charge in [0, 0.05) is 37.1 Å². The number of thiazole rings is 1. The minimum Gasteiger partial charge on any atom is -0.339 e. The van der Waals surface area contributed by atoms with Gasteiger partial charge < -0.3 is 9.80 Å². The van der Waals surface area contributed by atoms with Gasteiger partial charge in [-0.05, 0) is 31.2 Å². The lowest BCUT2D eigenvalue weighted by Crippen LogP contribution is -2.51. The monoisotopic (exact) mass is 347 g/mol. The van der Waals surface area contributed by atoms with E-state index in [-0.39, 0.29) is 17.6 Å². The molecule has 0 aliphatic carbocycles. The summed E-state index contributed by atoms with van der Waals surface area (Å²) in [5, 5.41) is 2.86. The van der Waals surface area contributed by atoms with Crippen molar-refractivity contribution in [1.82, 2.24) is 14.8 Å². The lowest BCUT2D eigenvalue weighted by atomic mass is 10.1. The number of amides is 2. The largest absolute Gasteiger partial charge is 0.339 e. The zero-order valence-electron chi connectivity index (χ0n) is 13.4. The number of aryl methyl sites for hydroxylation is 1. The van der Waals surface area contributed by atoms with Gasteiger partial charge in [-0.15, -0.1) is 11.3 Å². The number of halogens is 1. The minimum absolute atomic E-state index is 0.0363. The summed E-state index contributed by atoms with van der Waals surface area (Å²) in [7, 11) is 0. The normalized spacial score (nSPS) is 14.8. The number of piperazine rings is 1. The summed E-state index contributed by atoms with van der Waals surface area (Å²) >= 11 is 1.53. The zero-order chi connectivity index (χ0) is 17.1. The Morgan fingerprint density at radius 2 is 1.75 bits per heavy atom. The third-order valence-corrected chi connectivity index (χ3v) is 4.83. The molecule has 1 aromatic carbocycles. The molecule has 1 fully saturated rings.